The van der Waals surface area contributed by atoms with E-state index in [9.17, 15) is 0 Å². The lowest BCUT2D eigenvalue weighted by Gasteiger charge is -2.16. The highest BCUT2D eigenvalue weighted by molar-refractivity contribution is 9.10. The third-order valence-corrected chi connectivity index (χ3v) is 4.29. The number of aromatic nitrogens is 2. The fourth-order valence-corrected chi connectivity index (χ4v) is 3.22. The van der Waals surface area contributed by atoms with E-state index in [0.29, 0.717) is 0 Å². The zero-order chi connectivity index (χ0) is 12.8. The molecule has 0 bridgehead atoms. The first kappa shape index (κ1) is 13.6. The van der Waals surface area contributed by atoms with Gasteiger partial charge >= 0.3 is 0 Å². The first-order chi connectivity index (χ1) is 8.79. The molecule has 18 heavy (non-hydrogen) atoms. The molecule has 2 aromatic heterocycles. The summed E-state index contributed by atoms with van der Waals surface area (Å²) in [7, 11) is 0. The Kier molecular flexibility index (Phi) is 5.28. The summed E-state index contributed by atoms with van der Waals surface area (Å²) < 4.78 is 1.14. The summed E-state index contributed by atoms with van der Waals surface area (Å²) in [5, 5.41) is 5.62. The summed E-state index contributed by atoms with van der Waals surface area (Å²) in [6.07, 6.45) is 5.64. The predicted molar refractivity (Wildman–Crippen MR) is 78.8 cm³/mol. The van der Waals surface area contributed by atoms with Crippen molar-refractivity contribution in [2.45, 2.75) is 25.8 Å². The standard InChI is InChI=1S/C13H16BrN3S/c1-2-4-15-12(13-16-5-3-6-17-13)8-11-7-10(14)9-18-11/h3,5-7,9,12,15H,2,4,8H2,1H3. The van der Waals surface area contributed by atoms with Crippen molar-refractivity contribution in [3.63, 3.8) is 0 Å². The lowest BCUT2D eigenvalue weighted by atomic mass is 10.1. The number of nitrogens with zero attached hydrogens (tertiary/aromatic N) is 2. The average Bonchev–Trinajstić information content (AvgIpc) is 2.81. The smallest absolute Gasteiger partial charge is 0.145 e. The molecule has 2 aromatic rings. The first-order valence-electron chi connectivity index (χ1n) is 6.02. The van der Waals surface area contributed by atoms with Crippen molar-refractivity contribution < 1.29 is 0 Å². The number of hydrogen-bond acceptors (Lipinski definition) is 4. The normalized spacial score (nSPS) is 12.6. The first-order valence-corrected chi connectivity index (χ1v) is 7.70. The van der Waals surface area contributed by atoms with Crippen LogP contribution in [-0.2, 0) is 6.42 Å². The lowest BCUT2D eigenvalue weighted by molar-refractivity contribution is 0.507. The molecule has 0 saturated carbocycles. The van der Waals surface area contributed by atoms with Gasteiger partial charge in [-0.3, -0.25) is 0 Å². The molecule has 0 spiro atoms. The number of hydrogen-bond donors (Lipinski definition) is 1. The zero-order valence-corrected chi connectivity index (χ0v) is 12.7. The second-order valence-corrected chi connectivity index (χ2v) is 5.96. The minimum atomic E-state index is 0.191. The fourth-order valence-electron chi connectivity index (χ4n) is 1.73. The van der Waals surface area contributed by atoms with E-state index < -0.39 is 0 Å². The molecule has 0 amide bonds. The van der Waals surface area contributed by atoms with Crippen LogP contribution in [0, 0.1) is 0 Å². The van der Waals surface area contributed by atoms with Crippen molar-refractivity contribution in [2.75, 3.05) is 6.54 Å². The average molecular weight is 326 g/mol. The third-order valence-electron chi connectivity index (χ3n) is 2.57. The van der Waals surface area contributed by atoms with Crippen LogP contribution >= 0.6 is 27.3 Å². The zero-order valence-electron chi connectivity index (χ0n) is 10.3. The summed E-state index contributed by atoms with van der Waals surface area (Å²) in [6, 6.07) is 4.20. The maximum absolute atomic E-state index is 4.35. The quantitative estimate of drug-likeness (QED) is 0.882. The van der Waals surface area contributed by atoms with Crippen LogP contribution in [0.3, 0.4) is 0 Å². The Labute approximate surface area is 120 Å². The van der Waals surface area contributed by atoms with E-state index in [4.69, 9.17) is 0 Å². The predicted octanol–water partition coefficient (Wildman–Crippen LogP) is 3.58. The molecule has 5 heteroatoms. The van der Waals surface area contributed by atoms with E-state index >= 15 is 0 Å². The molecule has 0 aliphatic carbocycles. The van der Waals surface area contributed by atoms with Crippen LogP contribution in [0.25, 0.3) is 0 Å². The largest absolute Gasteiger partial charge is 0.307 e. The molecular formula is C13H16BrN3S. The molecule has 2 heterocycles. The van der Waals surface area contributed by atoms with Crippen LogP contribution in [0.5, 0.6) is 0 Å². The van der Waals surface area contributed by atoms with Crippen molar-refractivity contribution in [3.8, 4) is 0 Å². The van der Waals surface area contributed by atoms with Crippen molar-refractivity contribution in [1.29, 1.82) is 0 Å². The van der Waals surface area contributed by atoms with Crippen molar-refractivity contribution in [1.82, 2.24) is 15.3 Å². The molecule has 0 aliphatic rings. The van der Waals surface area contributed by atoms with Gasteiger partial charge in [0.1, 0.15) is 5.82 Å². The number of halogens is 1. The van der Waals surface area contributed by atoms with Crippen LogP contribution in [0.1, 0.15) is 30.1 Å². The van der Waals surface area contributed by atoms with Gasteiger partial charge in [0, 0.05) is 33.5 Å². The monoisotopic (exact) mass is 325 g/mol. The second-order valence-electron chi connectivity index (χ2n) is 4.05. The van der Waals surface area contributed by atoms with Gasteiger partial charge < -0.3 is 5.32 Å². The maximum Gasteiger partial charge on any atom is 0.145 e. The van der Waals surface area contributed by atoms with E-state index in [0.717, 1.165) is 29.7 Å². The minimum Gasteiger partial charge on any atom is -0.307 e. The molecule has 1 N–H and O–H groups in total. The molecule has 0 fully saturated rings. The Morgan fingerprint density at radius 2 is 2.17 bits per heavy atom. The number of rotatable bonds is 6. The molecule has 0 aromatic carbocycles. The Bertz CT molecular complexity index is 472. The van der Waals surface area contributed by atoms with Crippen molar-refractivity contribution in [3.05, 3.63) is 45.1 Å². The van der Waals surface area contributed by atoms with Gasteiger partial charge in [-0.25, -0.2) is 9.97 Å². The molecule has 1 unspecified atom stereocenters. The van der Waals surface area contributed by atoms with E-state index in [1.54, 1.807) is 23.7 Å². The van der Waals surface area contributed by atoms with Gasteiger partial charge in [-0.1, -0.05) is 6.92 Å². The Morgan fingerprint density at radius 3 is 2.78 bits per heavy atom. The molecule has 0 aliphatic heterocycles. The number of nitrogens with one attached hydrogen (secondary N) is 1. The van der Waals surface area contributed by atoms with E-state index in [1.807, 2.05) is 6.07 Å². The lowest BCUT2D eigenvalue weighted by Crippen LogP contribution is -2.25. The van der Waals surface area contributed by atoms with Gasteiger partial charge in [0.15, 0.2) is 0 Å². The van der Waals surface area contributed by atoms with Gasteiger partial charge in [0.2, 0.25) is 0 Å². The van der Waals surface area contributed by atoms with Crippen LogP contribution in [0.2, 0.25) is 0 Å². The molecule has 2 rings (SSSR count). The Balaban J connectivity index is 2.10. The van der Waals surface area contributed by atoms with E-state index in [1.165, 1.54) is 4.88 Å². The highest BCUT2D eigenvalue weighted by Crippen LogP contribution is 2.24. The Hall–Kier alpha value is -0.780. The second kappa shape index (κ2) is 6.97. The van der Waals surface area contributed by atoms with E-state index in [-0.39, 0.29) is 6.04 Å². The van der Waals surface area contributed by atoms with Gasteiger partial charge in [0.05, 0.1) is 6.04 Å². The van der Waals surface area contributed by atoms with Crippen LogP contribution in [0.4, 0.5) is 0 Å². The van der Waals surface area contributed by atoms with E-state index in [2.05, 4.69) is 49.6 Å². The molecule has 3 nitrogen and oxygen atoms in total. The van der Waals surface area contributed by atoms with Crippen LogP contribution in [0.15, 0.2) is 34.4 Å². The van der Waals surface area contributed by atoms with Crippen LogP contribution in [-0.4, -0.2) is 16.5 Å². The van der Waals surface area contributed by atoms with Gasteiger partial charge in [0.25, 0.3) is 0 Å². The molecular weight excluding hydrogens is 310 g/mol. The number of thiophene rings is 1. The molecule has 96 valence electrons. The van der Waals surface area contributed by atoms with Crippen molar-refractivity contribution >= 4 is 27.3 Å². The summed E-state index contributed by atoms with van der Waals surface area (Å²) in [4.78, 5) is 10.0. The summed E-state index contributed by atoms with van der Waals surface area (Å²) >= 11 is 5.25. The highest BCUT2D eigenvalue weighted by atomic mass is 79.9. The summed E-state index contributed by atoms with van der Waals surface area (Å²) in [5.74, 6) is 0.871. The topological polar surface area (TPSA) is 37.8 Å². The third kappa shape index (κ3) is 3.86. The van der Waals surface area contributed by atoms with Gasteiger partial charge in [-0.05, 0) is 41.0 Å². The van der Waals surface area contributed by atoms with Gasteiger partial charge in [-0.15, -0.1) is 11.3 Å². The van der Waals surface area contributed by atoms with Gasteiger partial charge in [-0.2, -0.15) is 0 Å². The minimum absolute atomic E-state index is 0.191. The maximum atomic E-state index is 4.35. The summed E-state index contributed by atoms with van der Waals surface area (Å²) in [6.45, 7) is 3.15. The highest BCUT2D eigenvalue weighted by Gasteiger charge is 2.14. The molecule has 0 saturated heterocycles. The molecule has 0 radical (unpaired) electrons. The fraction of sp³-hybridized carbons (Fsp3) is 0.385. The SMILES string of the molecule is CCCNC(Cc1cc(Br)cs1)c1ncccn1. The molecule has 1 atom stereocenters. The summed E-state index contributed by atoms with van der Waals surface area (Å²) in [5.41, 5.74) is 0. The Morgan fingerprint density at radius 1 is 1.39 bits per heavy atom. The van der Waals surface area contributed by atoms with Crippen LogP contribution < -0.4 is 5.32 Å². The van der Waals surface area contributed by atoms with Crippen molar-refractivity contribution in [2.24, 2.45) is 0 Å².